The topological polar surface area (TPSA) is 34.0 Å². The quantitative estimate of drug-likeness (QED) is 0.447. The zero-order valence-corrected chi connectivity index (χ0v) is 17.6. The first-order chi connectivity index (χ1) is 15.2. The van der Waals surface area contributed by atoms with E-state index in [1.165, 1.54) is 17.7 Å². The largest absolute Gasteiger partial charge is 0.331 e. The summed E-state index contributed by atoms with van der Waals surface area (Å²) in [5.74, 6) is 1.30. The van der Waals surface area contributed by atoms with E-state index in [-0.39, 0.29) is 5.82 Å². The van der Waals surface area contributed by atoms with Crippen molar-refractivity contribution in [1.82, 2.24) is 19.4 Å². The van der Waals surface area contributed by atoms with Crippen molar-refractivity contribution in [2.45, 2.75) is 18.9 Å². The standard InChI is InChI=1S/C26H25FN4/c1-30-25(21-10-11-24(28-15-21)20-8-5-9-23(27)14-20)16-29-26(30)22-12-13-31(18-22)17-19-6-3-2-4-7-19/h2-11,14-16,22H,12-13,17-18H2,1H3/t22-/m1/s1. The molecule has 0 amide bonds. The number of hydrogen-bond donors (Lipinski definition) is 0. The van der Waals surface area contributed by atoms with Crippen LogP contribution in [0.4, 0.5) is 4.39 Å². The predicted octanol–water partition coefficient (Wildman–Crippen LogP) is 5.28. The molecule has 31 heavy (non-hydrogen) atoms. The van der Waals surface area contributed by atoms with E-state index in [0.717, 1.165) is 54.4 Å². The van der Waals surface area contributed by atoms with Gasteiger partial charge in [0.1, 0.15) is 11.6 Å². The predicted molar refractivity (Wildman–Crippen MR) is 121 cm³/mol. The van der Waals surface area contributed by atoms with Crippen molar-refractivity contribution < 1.29 is 4.39 Å². The average molecular weight is 413 g/mol. The molecule has 3 heterocycles. The molecule has 5 heteroatoms. The van der Waals surface area contributed by atoms with Gasteiger partial charge in [0.15, 0.2) is 0 Å². The van der Waals surface area contributed by atoms with Crippen LogP contribution in [0.2, 0.25) is 0 Å². The Morgan fingerprint density at radius 1 is 0.935 bits per heavy atom. The normalized spacial score (nSPS) is 16.6. The second-order valence-corrected chi connectivity index (χ2v) is 8.21. The van der Waals surface area contributed by atoms with Crippen LogP contribution in [0.1, 0.15) is 23.7 Å². The summed E-state index contributed by atoms with van der Waals surface area (Å²) in [6, 6.07) is 21.1. The van der Waals surface area contributed by atoms with Crippen molar-refractivity contribution >= 4 is 0 Å². The Morgan fingerprint density at radius 2 is 1.81 bits per heavy atom. The molecule has 1 aliphatic heterocycles. The Bertz CT molecular complexity index is 1170. The van der Waals surface area contributed by atoms with Gasteiger partial charge in [0.05, 0.1) is 17.6 Å². The summed E-state index contributed by atoms with van der Waals surface area (Å²) in [4.78, 5) is 11.8. The van der Waals surface area contributed by atoms with Crippen LogP contribution in [0.5, 0.6) is 0 Å². The lowest BCUT2D eigenvalue weighted by molar-refractivity contribution is 0.325. The average Bonchev–Trinajstić information content (AvgIpc) is 3.41. The number of rotatable bonds is 5. The van der Waals surface area contributed by atoms with Crippen molar-refractivity contribution in [1.29, 1.82) is 0 Å². The molecule has 2 aromatic carbocycles. The van der Waals surface area contributed by atoms with E-state index < -0.39 is 0 Å². The van der Waals surface area contributed by atoms with Crippen LogP contribution in [0.15, 0.2) is 79.1 Å². The molecule has 5 rings (SSSR count). The molecule has 1 aliphatic rings. The second-order valence-electron chi connectivity index (χ2n) is 8.21. The summed E-state index contributed by atoms with van der Waals surface area (Å²) in [7, 11) is 2.08. The Hall–Kier alpha value is -3.31. The monoisotopic (exact) mass is 412 g/mol. The highest BCUT2D eigenvalue weighted by Gasteiger charge is 2.27. The zero-order valence-electron chi connectivity index (χ0n) is 17.6. The van der Waals surface area contributed by atoms with Gasteiger partial charge in [0.2, 0.25) is 0 Å². The van der Waals surface area contributed by atoms with Gasteiger partial charge in [0.25, 0.3) is 0 Å². The van der Waals surface area contributed by atoms with Gasteiger partial charge in [-0.25, -0.2) is 9.37 Å². The molecular formula is C26H25FN4. The second kappa shape index (κ2) is 8.44. The number of halogens is 1. The SMILES string of the molecule is Cn1c(-c2ccc(-c3cccc(F)c3)nc2)cnc1[C@@H]1CCN(Cc2ccccc2)C1. The molecule has 0 bridgehead atoms. The molecular weight excluding hydrogens is 387 g/mol. The molecule has 1 fully saturated rings. The first-order valence-corrected chi connectivity index (χ1v) is 10.7. The van der Waals surface area contributed by atoms with E-state index in [4.69, 9.17) is 4.98 Å². The minimum Gasteiger partial charge on any atom is -0.331 e. The molecule has 0 radical (unpaired) electrons. The van der Waals surface area contributed by atoms with Crippen molar-refractivity contribution in [3.05, 3.63) is 96.3 Å². The van der Waals surface area contributed by atoms with Gasteiger partial charge < -0.3 is 4.57 Å². The third-order valence-electron chi connectivity index (χ3n) is 6.09. The summed E-state index contributed by atoms with van der Waals surface area (Å²) in [5.41, 5.74) is 4.96. The van der Waals surface area contributed by atoms with Crippen molar-refractivity contribution in [2.24, 2.45) is 7.05 Å². The molecule has 0 N–H and O–H groups in total. The summed E-state index contributed by atoms with van der Waals surface area (Å²) < 4.78 is 15.7. The number of aromatic nitrogens is 3. The first-order valence-electron chi connectivity index (χ1n) is 10.7. The van der Waals surface area contributed by atoms with E-state index in [1.54, 1.807) is 6.07 Å². The van der Waals surface area contributed by atoms with Crippen LogP contribution in [-0.4, -0.2) is 32.5 Å². The lowest BCUT2D eigenvalue weighted by atomic mass is 10.1. The van der Waals surface area contributed by atoms with E-state index in [2.05, 4.69) is 51.8 Å². The maximum absolute atomic E-state index is 13.5. The van der Waals surface area contributed by atoms with E-state index >= 15 is 0 Å². The maximum Gasteiger partial charge on any atom is 0.123 e. The van der Waals surface area contributed by atoms with Gasteiger partial charge >= 0.3 is 0 Å². The molecule has 0 spiro atoms. The Balaban J connectivity index is 1.31. The number of benzene rings is 2. The molecule has 0 saturated carbocycles. The van der Waals surface area contributed by atoms with Gasteiger partial charge in [-0.1, -0.05) is 42.5 Å². The van der Waals surface area contributed by atoms with Crippen molar-refractivity contribution in [3.8, 4) is 22.5 Å². The highest BCUT2D eigenvalue weighted by Crippen LogP contribution is 2.30. The van der Waals surface area contributed by atoms with Gasteiger partial charge in [-0.05, 0) is 42.8 Å². The Kier molecular flexibility index (Phi) is 5.35. The summed E-state index contributed by atoms with van der Waals surface area (Å²) in [5, 5.41) is 0. The minimum atomic E-state index is -0.252. The molecule has 156 valence electrons. The van der Waals surface area contributed by atoms with Gasteiger partial charge in [-0.2, -0.15) is 0 Å². The van der Waals surface area contributed by atoms with Crippen LogP contribution >= 0.6 is 0 Å². The maximum atomic E-state index is 13.5. The van der Waals surface area contributed by atoms with Crippen LogP contribution in [0.3, 0.4) is 0 Å². The van der Waals surface area contributed by atoms with E-state index in [1.807, 2.05) is 30.6 Å². The van der Waals surface area contributed by atoms with Gasteiger partial charge in [-0.3, -0.25) is 9.88 Å². The highest BCUT2D eigenvalue weighted by molar-refractivity contribution is 5.64. The summed E-state index contributed by atoms with van der Waals surface area (Å²) >= 11 is 0. The lowest BCUT2D eigenvalue weighted by Crippen LogP contribution is -2.20. The number of nitrogens with zero attached hydrogens (tertiary/aromatic N) is 4. The van der Waals surface area contributed by atoms with Crippen molar-refractivity contribution in [3.63, 3.8) is 0 Å². The molecule has 0 unspecified atom stereocenters. The van der Waals surface area contributed by atoms with Gasteiger partial charge in [0, 0.05) is 43.4 Å². The summed E-state index contributed by atoms with van der Waals surface area (Å²) in [6.07, 6.45) is 4.90. The fraction of sp³-hybridized carbons (Fsp3) is 0.231. The molecule has 1 atom stereocenters. The van der Waals surface area contributed by atoms with Crippen LogP contribution < -0.4 is 0 Å². The molecule has 0 aliphatic carbocycles. The lowest BCUT2D eigenvalue weighted by Gasteiger charge is -2.16. The molecule has 4 nitrogen and oxygen atoms in total. The first kappa shape index (κ1) is 19.6. The highest BCUT2D eigenvalue weighted by atomic mass is 19.1. The number of imidazole rings is 1. The third-order valence-corrected chi connectivity index (χ3v) is 6.09. The Morgan fingerprint density at radius 3 is 2.58 bits per heavy atom. The van der Waals surface area contributed by atoms with Crippen molar-refractivity contribution in [2.75, 3.05) is 13.1 Å². The molecule has 1 saturated heterocycles. The fourth-order valence-corrected chi connectivity index (χ4v) is 4.46. The molecule has 4 aromatic rings. The molecule has 2 aromatic heterocycles. The smallest absolute Gasteiger partial charge is 0.123 e. The van der Waals surface area contributed by atoms with Crippen LogP contribution in [0.25, 0.3) is 22.5 Å². The van der Waals surface area contributed by atoms with Crippen LogP contribution in [-0.2, 0) is 13.6 Å². The minimum absolute atomic E-state index is 0.252. The van der Waals surface area contributed by atoms with E-state index in [0.29, 0.717) is 5.92 Å². The number of hydrogen-bond acceptors (Lipinski definition) is 3. The van der Waals surface area contributed by atoms with Crippen LogP contribution in [0, 0.1) is 5.82 Å². The third kappa shape index (κ3) is 4.14. The summed E-state index contributed by atoms with van der Waals surface area (Å²) in [6.45, 7) is 3.10. The van der Waals surface area contributed by atoms with Gasteiger partial charge in [-0.15, -0.1) is 0 Å². The number of likely N-dealkylation sites (tertiary alicyclic amines) is 1. The number of pyridine rings is 1. The van der Waals surface area contributed by atoms with E-state index in [9.17, 15) is 4.39 Å². The zero-order chi connectivity index (χ0) is 21.2. The fourth-order valence-electron chi connectivity index (χ4n) is 4.46. The Labute approximate surface area is 182 Å².